The minimum atomic E-state index is 0.222. The third-order valence-corrected chi connectivity index (χ3v) is 0. The molecule has 0 unspecified atom stereocenters. The number of hydrogen-bond acceptors (Lipinski definition) is 3. The van der Waals surface area contributed by atoms with Crippen molar-refractivity contribution in [3.8, 4) is 6.07 Å². The summed E-state index contributed by atoms with van der Waals surface area (Å²) in [4.78, 5) is 0. The lowest BCUT2D eigenvalue weighted by Gasteiger charge is -1.78. The molecule has 0 aromatic carbocycles. The summed E-state index contributed by atoms with van der Waals surface area (Å²) in [5, 5.41) is 7.32. The minimum Gasteiger partial charge on any atom is -0.199 e. The van der Waals surface area contributed by atoms with Crippen LogP contribution in [0.3, 0.4) is 0 Å². The maximum absolute atomic E-state index is 7.32. The molecule has 7 heavy (non-hydrogen) atoms. The molecule has 0 aliphatic carbocycles. The van der Waals surface area contributed by atoms with Crippen LogP contribution in [-0.4, -0.2) is 4.58 Å². The van der Waals surface area contributed by atoms with Crippen molar-refractivity contribution >= 4 is 25.3 Å². The van der Waals surface area contributed by atoms with Gasteiger partial charge in [0.05, 0.1) is 6.07 Å². The summed E-state index contributed by atoms with van der Waals surface area (Å²) in [7, 11) is 0. The zero-order valence-corrected chi connectivity index (χ0v) is 6.21. The van der Waals surface area contributed by atoms with Crippen LogP contribution in [-0.2, 0) is 0 Å². The number of hydrogen-bond donors (Lipinski definition) is 2. The lowest BCUT2D eigenvalue weighted by molar-refractivity contribution is 1.45. The molecule has 0 aliphatic heterocycles. The molecule has 0 fully saturated rings. The molecule has 0 spiro atoms. The predicted octanol–water partition coefficient (Wildman–Crippen LogP) is 1.72. The van der Waals surface area contributed by atoms with E-state index in [9.17, 15) is 0 Å². The average molecular weight is 135 g/mol. The van der Waals surface area contributed by atoms with E-state index in [4.69, 9.17) is 5.26 Å². The monoisotopic (exact) mass is 135 g/mol. The van der Waals surface area contributed by atoms with Gasteiger partial charge in [-0.25, -0.2) is 0 Å². The number of thiol groups is 2. The Kier molecular flexibility index (Phi) is 13.9. The molecule has 0 aliphatic rings. The van der Waals surface area contributed by atoms with Crippen molar-refractivity contribution in [3.63, 3.8) is 0 Å². The topological polar surface area (TPSA) is 23.8 Å². The normalized spacial score (nSPS) is 6.29. The van der Waals surface area contributed by atoms with Gasteiger partial charge in [0.1, 0.15) is 0 Å². The first-order valence-corrected chi connectivity index (χ1v) is 2.85. The Morgan fingerprint density at radius 2 is 1.57 bits per heavy atom. The molecule has 0 rings (SSSR count). The van der Waals surface area contributed by atoms with E-state index in [2.05, 4.69) is 25.3 Å². The van der Waals surface area contributed by atoms with Crippen molar-refractivity contribution in [2.75, 3.05) is 0 Å². The lowest BCUT2D eigenvalue weighted by atomic mass is 11.0. The van der Waals surface area contributed by atoms with Gasteiger partial charge in [-0.2, -0.15) is 30.5 Å². The van der Waals surface area contributed by atoms with E-state index in [1.807, 2.05) is 6.92 Å². The molecule has 3 heteroatoms. The molecular weight excluding hydrogens is 126 g/mol. The van der Waals surface area contributed by atoms with Gasteiger partial charge in [-0.15, -0.1) is 0 Å². The van der Waals surface area contributed by atoms with Gasteiger partial charge in [-0.3, -0.25) is 0 Å². The van der Waals surface area contributed by atoms with Gasteiger partial charge in [0.2, 0.25) is 0 Å². The van der Waals surface area contributed by atoms with Crippen LogP contribution in [0.5, 0.6) is 0 Å². The maximum atomic E-state index is 7.32. The van der Waals surface area contributed by atoms with Crippen LogP contribution in [0.25, 0.3) is 0 Å². The summed E-state index contributed by atoms with van der Waals surface area (Å²) in [5.74, 6) is 0. The highest BCUT2D eigenvalue weighted by Crippen LogP contribution is 1.93. The van der Waals surface area contributed by atoms with Gasteiger partial charge in [0.15, 0.2) is 0 Å². The number of nitrogens with zero attached hydrogens (tertiary/aromatic N) is 1. The molecule has 0 radical (unpaired) electrons. The molecule has 0 amide bonds. The highest BCUT2D eigenvalue weighted by Gasteiger charge is 1.69. The van der Waals surface area contributed by atoms with Crippen molar-refractivity contribution in [2.45, 2.75) is 18.4 Å². The van der Waals surface area contributed by atoms with Gasteiger partial charge >= 0.3 is 0 Å². The molecule has 0 aromatic rings. The van der Waals surface area contributed by atoms with Crippen molar-refractivity contribution in [1.29, 1.82) is 5.26 Å². The van der Waals surface area contributed by atoms with E-state index in [-0.39, 0.29) is 4.58 Å². The highest BCUT2D eigenvalue weighted by atomic mass is 32.2. The van der Waals surface area contributed by atoms with Crippen LogP contribution >= 0.6 is 25.3 Å². The van der Waals surface area contributed by atoms with E-state index in [1.54, 1.807) is 6.07 Å². The Hall–Kier alpha value is 0.190. The van der Waals surface area contributed by atoms with Gasteiger partial charge in [0.25, 0.3) is 0 Å². The summed E-state index contributed by atoms with van der Waals surface area (Å²) in [5.41, 5.74) is 0. The van der Waals surface area contributed by atoms with Crippen LogP contribution in [0, 0.1) is 11.3 Å². The Bertz CT molecular complexity index is 52.4. The Balaban J connectivity index is 0. The van der Waals surface area contributed by atoms with Gasteiger partial charge < -0.3 is 0 Å². The second-order valence-electron chi connectivity index (χ2n) is 0.855. The molecule has 42 valence electrons. The summed E-state index contributed by atoms with van der Waals surface area (Å²) < 4.78 is 0.222. The maximum Gasteiger partial charge on any atom is 0.0587 e. The van der Waals surface area contributed by atoms with E-state index in [0.717, 1.165) is 0 Å². The average Bonchev–Trinajstić information content (AvgIpc) is 1.33. The van der Waals surface area contributed by atoms with Crippen LogP contribution in [0.2, 0.25) is 0 Å². The fourth-order valence-corrected chi connectivity index (χ4v) is 0. The second-order valence-corrected chi connectivity index (χ2v) is 2.81. The molecule has 0 saturated heterocycles. The quantitative estimate of drug-likeness (QED) is 0.383. The summed E-state index contributed by atoms with van der Waals surface area (Å²) in [6.45, 7) is 3.33. The molecular formula is C4H9NS2. The number of rotatable bonds is 0. The lowest BCUT2D eigenvalue weighted by Crippen LogP contribution is -1.64. The summed E-state index contributed by atoms with van der Waals surface area (Å²) >= 11 is 7.66. The van der Waals surface area contributed by atoms with Gasteiger partial charge in [-0.1, -0.05) is 0 Å². The predicted molar refractivity (Wildman–Crippen MR) is 38.7 cm³/mol. The second kappa shape index (κ2) is 9.50. The molecule has 0 aromatic heterocycles. The molecule has 0 bridgehead atoms. The summed E-state index contributed by atoms with van der Waals surface area (Å²) in [6.07, 6.45) is 0. The molecule has 1 nitrogen and oxygen atoms in total. The zero-order chi connectivity index (χ0) is 6.28. The Morgan fingerprint density at radius 3 is 1.57 bits per heavy atom. The standard InChI is InChI=1S/C2H3N.C2H6S2/c1-2-3;1-2(3)4/h1H3;2-4H,1H3. The zero-order valence-electron chi connectivity index (χ0n) is 4.42. The van der Waals surface area contributed by atoms with E-state index >= 15 is 0 Å². The van der Waals surface area contributed by atoms with Crippen molar-refractivity contribution in [2.24, 2.45) is 0 Å². The van der Waals surface area contributed by atoms with Gasteiger partial charge in [0, 0.05) is 11.5 Å². The SMILES string of the molecule is CC#N.CC(S)S. The van der Waals surface area contributed by atoms with Crippen LogP contribution < -0.4 is 0 Å². The van der Waals surface area contributed by atoms with Crippen molar-refractivity contribution < 1.29 is 0 Å². The first-order valence-electron chi connectivity index (χ1n) is 1.82. The molecule has 0 heterocycles. The molecule has 0 saturated carbocycles. The van der Waals surface area contributed by atoms with Crippen molar-refractivity contribution in [3.05, 3.63) is 0 Å². The largest absolute Gasteiger partial charge is 0.199 e. The minimum absolute atomic E-state index is 0.222. The van der Waals surface area contributed by atoms with Crippen LogP contribution in [0.1, 0.15) is 13.8 Å². The number of nitriles is 1. The first kappa shape index (κ1) is 10.2. The van der Waals surface area contributed by atoms with Crippen LogP contribution in [0.4, 0.5) is 0 Å². The fourth-order valence-electron chi connectivity index (χ4n) is 0. The van der Waals surface area contributed by atoms with Gasteiger partial charge in [-0.05, 0) is 6.92 Å². The first-order chi connectivity index (χ1) is 3.15. The summed E-state index contributed by atoms with van der Waals surface area (Å²) in [6, 6.07) is 1.75. The molecule has 0 N–H and O–H groups in total. The van der Waals surface area contributed by atoms with E-state index < -0.39 is 0 Å². The Morgan fingerprint density at radius 1 is 1.57 bits per heavy atom. The third-order valence-electron chi connectivity index (χ3n) is 0. The molecule has 0 atom stereocenters. The fraction of sp³-hybridized carbons (Fsp3) is 0.750. The van der Waals surface area contributed by atoms with Crippen molar-refractivity contribution in [1.82, 2.24) is 0 Å². The Labute approximate surface area is 55.5 Å². The van der Waals surface area contributed by atoms with Crippen LogP contribution in [0.15, 0.2) is 0 Å². The van der Waals surface area contributed by atoms with E-state index in [0.29, 0.717) is 0 Å². The smallest absolute Gasteiger partial charge is 0.0587 e. The van der Waals surface area contributed by atoms with E-state index in [1.165, 1.54) is 6.92 Å². The third kappa shape index (κ3) is 3010. The highest BCUT2D eigenvalue weighted by molar-refractivity contribution is 7.99.